The molecule has 68 heavy (non-hydrogen) atoms. The molecule has 2 fully saturated rings. The van der Waals surface area contributed by atoms with Crippen LogP contribution >= 0.6 is 0 Å². The Morgan fingerprint density at radius 3 is 2.57 bits per heavy atom. The van der Waals surface area contributed by atoms with Gasteiger partial charge < -0.3 is 65.1 Å². The van der Waals surface area contributed by atoms with E-state index in [0.29, 0.717) is 76.0 Å². The van der Waals surface area contributed by atoms with Gasteiger partial charge in [-0.1, -0.05) is 31.1 Å². The molecule has 9 atom stereocenters. The van der Waals surface area contributed by atoms with Gasteiger partial charge in [0, 0.05) is 85.3 Å². The minimum absolute atomic E-state index is 0.0426. The molecule has 1 saturated heterocycles. The zero-order valence-corrected chi connectivity index (χ0v) is 37.6. The molecule has 3 aromatic carbocycles. The molecule has 360 valence electrons. The Labute approximate surface area is 390 Å². The van der Waals surface area contributed by atoms with Gasteiger partial charge in [-0.3, -0.25) is 9.59 Å². The number of H-pyrrole nitrogens is 1. The van der Waals surface area contributed by atoms with Crippen molar-refractivity contribution in [2.24, 2.45) is 17.8 Å². The molecule has 17 nitrogen and oxygen atoms in total. The third-order valence-corrected chi connectivity index (χ3v) is 14.9. The molecule has 0 radical (unpaired) electrons. The van der Waals surface area contributed by atoms with Crippen molar-refractivity contribution in [3.63, 3.8) is 0 Å². The quantitative estimate of drug-likeness (QED) is 0.0399. The minimum Gasteiger partial charge on any atom is -0.508 e. The van der Waals surface area contributed by atoms with Gasteiger partial charge in [-0.05, 0) is 85.4 Å². The van der Waals surface area contributed by atoms with Crippen molar-refractivity contribution in [1.82, 2.24) is 20.2 Å². The average molecular weight is 935 g/mol. The summed E-state index contributed by atoms with van der Waals surface area (Å²) in [5.41, 5.74) is -1.27. The minimum atomic E-state index is -2.43. The number of carbonyl (C=O) groups is 1. The van der Waals surface area contributed by atoms with Gasteiger partial charge in [0.25, 0.3) is 0 Å². The van der Waals surface area contributed by atoms with Crippen LogP contribution in [0.4, 0.5) is 0 Å². The third-order valence-electron chi connectivity index (χ3n) is 14.9. The molecule has 5 heterocycles. The van der Waals surface area contributed by atoms with Crippen LogP contribution in [0, 0.1) is 24.7 Å². The van der Waals surface area contributed by atoms with Gasteiger partial charge in [-0.25, -0.2) is 9.78 Å². The number of hydrogen-bond acceptors (Lipinski definition) is 14. The van der Waals surface area contributed by atoms with Crippen LogP contribution in [0.2, 0.25) is 0 Å². The number of carbonyl (C=O) groups excluding carboxylic acids is 1. The van der Waals surface area contributed by atoms with Crippen LogP contribution in [0.5, 0.6) is 17.2 Å². The number of nitrogens with one attached hydrogen (secondary N) is 3. The number of aryl methyl sites for hydroxylation is 1. The standard InChI is InChI=1S/C51H58N4O13/c1-27-14-41(59)38-15-31-16-43(68-65-26-50(64,49(63)46(62)42(60)25-56)19-29-7-11-40(58)36-10-9-35(57)18-37(29)36)51(67-47(31)45(48(38)66-27)55-23-30-12-13-52-39(30)24-55)20-28(32-17-44(61)54-21-32)6-8-33(51)22-53-34-4-2-3-5-34/h6-15,18,23-24,28,32-34,42-43,46,49,52-53,56-58,60,62-64H,2-5,16-17,19-22,25-26H2,1H3,(H,54,61)/t28-,32+,33+,42+,43+,46+,49-,50-,51-/m0/s1. The highest BCUT2D eigenvalue weighted by atomic mass is 17.2. The monoisotopic (exact) mass is 934 g/mol. The van der Waals surface area contributed by atoms with Crippen LogP contribution in [0.3, 0.4) is 0 Å². The van der Waals surface area contributed by atoms with Gasteiger partial charge in [-0.15, -0.1) is 0 Å². The first-order valence-electron chi connectivity index (χ1n) is 23.5. The van der Waals surface area contributed by atoms with E-state index in [1.807, 2.05) is 29.2 Å². The lowest BCUT2D eigenvalue weighted by Crippen LogP contribution is -2.62. The summed E-state index contributed by atoms with van der Waals surface area (Å²) in [5.74, 6) is 0.0404. The van der Waals surface area contributed by atoms with Crippen LogP contribution in [0.1, 0.15) is 55.4 Å². The predicted molar refractivity (Wildman–Crippen MR) is 249 cm³/mol. The van der Waals surface area contributed by atoms with E-state index in [9.17, 15) is 45.3 Å². The van der Waals surface area contributed by atoms with Crippen molar-refractivity contribution in [3.8, 4) is 22.9 Å². The summed E-state index contributed by atoms with van der Waals surface area (Å²) in [7, 11) is 0. The molecule has 2 aliphatic carbocycles. The Bertz CT molecular complexity index is 2910. The van der Waals surface area contributed by atoms with Gasteiger partial charge in [0.2, 0.25) is 5.91 Å². The fraction of sp³-hybridized carbons (Fsp3) is 0.451. The molecule has 10 rings (SSSR count). The number of amides is 1. The van der Waals surface area contributed by atoms with Gasteiger partial charge in [0.15, 0.2) is 16.8 Å². The van der Waals surface area contributed by atoms with E-state index >= 15 is 0 Å². The molecule has 17 heteroatoms. The number of aliphatic hydroxyl groups excluding tert-OH is 4. The highest BCUT2D eigenvalue weighted by Gasteiger charge is 2.56. The fourth-order valence-corrected chi connectivity index (χ4v) is 11.1. The van der Waals surface area contributed by atoms with Gasteiger partial charge in [0.05, 0.1) is 17.5 Å². The number of aromatic nitrogens is 2. The molecule has 3 aromatic heterocycles. The largest absolute Gasteiger partial charge is 0.508 e. The van der Waals surface area contributed by atoms with Gasteiger partial charge in [0.1, 0.15) is 65.2 Å². The molecule has 0 unspecified atom stereocenters. The molecule has 10 N–H and O–H groups in total. The third kappa shape index (κ3) is 8.44. The van der Waals surface area contributed by atoms with E-state index in [-0.39, 0.29) is 53.1 Å². The van der Waals surface area contributed by atoms with Crippen molar-refractivity contribution >= 4 is 38.6 Å². The number of rotatable bonds is 15. The maximum Gasteiger partial charge on any atom is 0.220 e. The van der Waals surface area contributed by atoms with Crippen LogP contribution in [0.15, 0.2) is 88.5 Å². The van der Waals surface area contributed by atoms with Crippen molar-refractivity contribution in [3.05, 3.63) is 106 Å². The maximum absolute atomic E-state index is 13.8. The normalized spacial score (nSPS) is 25.2. The Morgan fingerprint density at radius 2 is 1.81 bits per heavy atom. The molecule has 1 amide bonds. The molecule has 0 bridgehead atoms. The number of aromatic hydroxyl groups is 2. The first-order chi connectivity index (χ1) is 32.7. The molecule has 4 aliphatic rings. The summed E-state index contributed by atoms with van der Waals surface area (Å²) in [6.45, 7) is 0.963. The molecule has 1 spiro atoms. The van der Waals surface area contributed by atoms with Crippen LogP contribution in [-0.2, 0) is 27.4 Å². The second-order valence-corrected chi connectivity index (χ2v) is 19.4. The number of aliphatic hydroxyl groups is 5. The summed E-state index contributed by atoms with van der Waals surface area (Å²) in [4.78, 5) is 42.5. The van der Waals surface area contributed by atoms with E-state index in [4.69, 9.17) is 18.9 Å². The summed E-state index contributed by atoms with van der Waals surface area (Å²) >= 11 is 0. The lowest BCUT2D eigenvalue weighted by molar-refractivity contribution is -0.376. The molecular formula is C51H58N4O13. The summed E-state index contributed by atoms with van der Waals surface area (Å²) < 4.78 is 15.9. The highest BCUT2D eigenvalue weighted by Crippen LogP contribution is 2.51. The predicted octanol–water partition coefficient (Wildman–Crippen LogP) is 3.84. The lowest BCUT2D eigenvalue weighted by atomic mass is 9.66. The number of aromatic amines is 1. The van der Waals surface area contributed by atoms with Crippen LogP contribution in [0.25, 0.3) is 38.3 Å². The van der Waals surface area contributed by atoms with E-state index in [1.165, 1.54) is 36.4 Å². The number of phenols is 2. The average Bonchev–Trinajstić information content (AvgIpc) is 4.16. The number of fused-ring (bicyclic) bond motifs is 4. The zero-order chi connectivity index (χ0) is 47.5. The number of benzene rings is 3. The summed E-state index contributed by atoms with van der Waals surface area (Å²) in [6, 6.07) is 12.6. The van der Waals surface area contributed by atoms with E-state index in [2.05, 4.69) is 27.8 Å². The zero-order valence-electron chi connectivity index (χ0n) is 37.6. The maximum atomic E-state index is 13.8. The molecule has 6 aromatic rings. The number of nitrogens with zero attached hydrogens (tertiary/aromatic N) is 1. The van der Waals surface area contributed by atoms with E-state index in [1.54, 1.807) is 13.0 Å². The Hall–Kier alpha value is -5.76. The van der Waals surface area contributed by atoms with Crippen LogP contribution < -0.4 is 20.8 Å². The Morgan fingerprint density at radius 1 is 0.985 bits per heavy atom. The smallest absolute Gasteiger partial charge is 0.220 e. The molecule has 2 aliphatic heterocycles. The topological polar surface area (TPSA) is 261 Å². The number of phenolic OH excluding ortho intramolecular Hbond substituents is 2. The number of allylic oxidation sites excluding steroid dienone is 1. The van der Waals surface area contributed by atoms with Gasteiger partial charge >= 0.3 is 0 Å². The fourth-order valence-electron chi connectivity index (χ4n) is 11.1. The first kappa shape index (κ1) is 46.0. The first-order valence-corrected chi connectivity index (χ1v) is 23.5. The van der Waals surface area contributed by atoms with Crippen molar-refractivity contribution in [1.29, 1.82) is 0 Å². The number of hydrogen-bond donors (Lipinski definition) is 10. The lowest BCUT2D eigenvalue weighted by Gasteiger charge is -2.51. The van der Waals surface area contributed by atoms with Crippen molar-refractivity contribution in [2.45, 2.75) is 100.0 Å². The van der Waals surface area contributed by atoms with Gasteiger partial charge in [-0.2, -0.15) is 0 Å². The van der Waals surface area contributed by atoms with E-state index < -0.39 is 55.3 Å². The SMILES string of the molecule is Cc1cc(=O)c2cc3c(c(-n4cc5cc[nH]c5c4)c2o1)O[C@]1(C[C@@H]([C@H]2CNC(=O)C2)C=C[C@@H]1CNC1CCCC1)[C@H](OOC[C@@](O)(Cc1ccc(O)c2ccc(O)cc12)[C@@H](O)[C@H](O)[C@H](O)CO)C3. The summed E-state index contributed by atoms with van der Waals surface area (Å²) in [6.07, 6.45) is 7.64. The number of ether oxygens (including phenoxy) is 1. The molecular weight excluding hydrogens is 877 g/mol. The van der Waals surface area contributed by atoms with Crippen molar-refractivity contribution < 1.29 is 59.5 Å². The summed E-state index contributed by atoms with van der Waals surface area (Å²) in [5, 5.41) is 85.3. The van der Waals surface area contributed by atoms with Crippen molar-refractivity contribution in [2.75, 3.05) is 26.3 Å². The highest BCUT2D eigenvalue weighted by molar-refractivity contribution is 5.93. The van der Waals surface area contributed by atoms with Crippen LogP contribution in [-0.4, -0.2) is 119 Å². The second kappa shape index (κ2) is 18.3. The second-order valence-electron chi connectivity index (χ2n) is 19.4. The van der Waals surface area contributed by atoms with E-state index in [0.717, 1.165) is 36.6 Å². The molecule has 1 saturated carbocycles. The Balaban J connectivity index is 1.08. The Kier molecular flexibility index (Phi) is 12.4.